The number of piperidine rings is 1. The zero-order valence-electron chi connectivity index (χ0n) is 13.2. The first-order valence-corrected chi connectivity index (χ1v) is 8.82. The molecular formula is C19H19BrFNO2. The van der Waals surface area contributed by atoms with Gasteiger partial charge in [0.25, 0.3) is 0 Å². The quantitative estimate of drug-likeness (QED) is 0.835. The predicted molar refractivity (Wildman–Crippen MR) is 94.3 cm³/mol. The molecule has 0 saturated carbocycles. The highest BCUT2D eigenvalue weighted by molar-refractivity contribution is 9.10. The summed E-state index contributed by atoms with van der Waals surface area (Å²) in [7, 11) is 0. The fourth-order valence-electron chi connectivity index (χ4n) is 3.33. The summed E-state index contributed by atoms with van der Waals surface area (Å²) in [6.07, 6.45) is 1.19. The lowest BCUT2D eigenvalue weighted by molar-refractivity contribution is -0.143. The molecule has 1 aliphatic heterocycles. The van der Waals surface area contributed by atoms with Gasteiger partial charge in [-0.3, -0.25) is 9.69 Å². The van der Waals surface area contributed by atoms with E-state index in [0.29, 0.717) is 31.5 Å². The Labute approximate surface area is 149 Å². The van der Waals surface area contributed by atoms with Gasteiger partial charge in [-0.2, -0.15) is 0 Å². The lowest BCUT2D eigenvalue weighted by Crippen LogP contribution is -2.39. The summed E-state index contributed by atoms with van der Waals surface area (Å²) in [5.74, 6) is -1.26. The van der Waals surface area contributed by atoms with Crippen LogP contribution in [0.5, 0.6) is 0 Å². The zero-order valence-corrected chi connectivity index (χ0v) is 14.7. The Morgan fingerprint density at radius 2 is 1.75 bits per heavy atom. The van der Waals surface area contributed by atoms with Crippen molar-refractivity contribution in [1.29, 1.82) is 0 Å². The Morgan fingerprint density at radius 3 is 2.33 bits per heavy atom. The molecule has 1 aliphatic rings. The van der Waals surface area contributed by atoms with Crippen molar-refractivity contribution in [3.05, 3.63) is 69.9 Å². The van der Waals surface area contributed by atoms with E-state index in [-0.39, 0.29) is 17.8 Å². The third-order valence-electron chi connectivity index (χ3n) is 4.63. The molecule has 0 spiro atoms. The maximum absolute atomic E-state index is 14.4. The zero-order chi connectivity index (χ0) is 17.1. The smallest absolute Gasteiger partial charge is 0.306 e. The van der Waals surface area contributed by atoms with Crippen LogP contribution in [0.15, 0.2) is 53.0 Å². The minimum absolute atomic E-state index is 0.200. The van der Waals surface area contributed by atoms with Gasteiger partial charge in [0.05, 0.1) is 12.0 Å². The standard InChI is InChI=1S/C19H19BrFNO2/c20-15-7-5-13(6-8-15)18(16-3-1-2-4-17(16)21)22-11-9-14(10-12-22)19(23)24/h1-8,14,18H,9-12H2,(H,23,24). The number of likely N-dealkylation sites (tertiary alicyclic amines) is 1. The van der Waals surface area contributed by atoms with E-state index >= 15 is 0 Å². The van der Waals surface area contributed by atoms with Crippen LogP contribution >= 0.6 is 15.9 Å². The van der Waals surface area contributed by atoms with Crippen LogP contribution in [0.25, 0.3) is 0 Å². The van der Waals surface area contributed by atoms with E-state index in [1.807, 2.05) is 36.4 Å². The second kappa shape index (κ2) is 7.45. The van der Waals surface area contributed by atoms with Gasteiger partial charge in [0.1, 0.15) is 5.82 Å². The maximum Gasteiger partial charge on any atom is 0.306 e. The van der Waals surface area contributed by atoms with Gasteiger partial charge in [0, 0.05) is 10.0 Å². The first-order chi connectivity index (χ1) is 11.6. The number of benzene rings is 2. The number of halogens is 2. The third kappa shape index (κ3) is 3.68. The van der Waals surface area contributed by atoms with Crippen LogP contribution in [0, 0.1) is 11.7 Å². The summed E-state index contributed by atoms with van der Waals surface area (Å²) in [4.78, 5) is 13.4. The van der Waals surface area contributed by atoms with Gasteiger partial charge < -0.3 is 5.11 Å². The van der Waals surface area contributed by atoms with Crippen molar-refractivity contribution >= 4 is 21.9 Å². The Morgan fingerprint density at radius 1 is 1.12 bits per heavy atom. The minimum atomic E-state index is -0.735. The van der Waals surface area contributed by atoms with Crippen LogP contribution in [0.2, 0.25) is 0 Å². The highest BCUT2D eigenvalue weighted by Gasteiger charge is 2.31. The maximum atomic E-state index is 14.4. The summed E-state index contributed by atoms with van der Waals surface area (Å²) < 4.78 is 15.4. The van der Waals surface area contributed by atoms with Crippen molar-refractivity contribution in [2.75, 3.05) is 13.1 Å². The van der Waals surface area contributed by atoms with Crippen LogP contribution in [0.3, 0.4) is 0 Å². The highest BCUT2D eigenvalue weighted by Crippen LogP contribution is 2.34. The van der Waals surface area contributed by atoms with Crippen molar-refractivity contribution in [3.8, 4) is 0 Å². The summed E-state index contributed by atoms with van der Waals surface area (Å²) in [6.45, 7) is 1.29. The van der Waals surface area contributed by atoms with Gasteiger partial charge in [-0.25, -0.2) is 4.39 Å². The Bertz CT molecular complexity index is 712. The van der Waals surface area contributed by atoms with Crippen molar-refractivity contribution in [1.82, 2.24) is 4.90 Å². The molecule has 1 heterocycles. The van der Waals surface area contributed by atoms with E-state index in [2.05, 4.69) is 20.8 Å². The molecule has 1 atom stereocenters. The number of hydrogen-bond donors (Lipinski definition) is 1. The Balaban J connectivity index is 1.93. The van der Waals surface area contributed by atoms with E-state index < -0.39 is 5.97 Å². The average molecular weight is 392 g/mol. The Kier molecular flexibility index (Phi) is 5.31. The molecule has 1 fully saturated rings. The summed E-state index contributed by atoms with van der Waals surface area (Å²) in [5.41, 5.74) is 1.64. The monoisotopic (exact) mass is 391 g/mol. The second-order valence-corrected chi connectivity index (χ2v) is 7.04. The van der Waals surface area contributed by atoms with E-state index in [1.54, 1.807) is 6.07 Å². The van der Waals surface area contributed by atoms with Crippen molar-refractivity contribution in [2.24, 2.45) is 5.92 Å². The van der Waals surface area contributed by atoms with Gasteiger partial charge in [-0.1, -0.05) is 46.3 Å². The number of carboxylic acids is 1. The summed E-state index contributed by atoms with van der Waals surface area (Å²) >= 11 is 3.43. The van der Waals surface area contributed by atoms with Crippen LogP contribution < -0.4 is 0 Å². The van der Waals surface area contributed by atoms with E-state index in [1.165, 1.54) is 6.07 Å². The summed E-state index contributed by atoms with van der Waals surface area (Å²) in [5, 5.41) is 9.19. The molecule has 0 radical (unpaired) electrons. The molecule has 2 aromatic rings. The molecule has 0 bridgehead atoms. The number of aliphatic carboxylic acids is 1. The Hall–Kier alpha value is -1.72. The molecule has 1 saturated heterocycles. The van der Waals surface area contributed by atoms with Crippen molar-refractivity contribution < 1.29 is 14.3 Å². The average Bonchev–Trinajstić information content (AvgIpc) is 2.59. The lowest BCUT2D eigenvalue weighted by Gasteiger charge is -2.37. The molecule has 3 rings (SSSR count). The molecule has 2 aromatic carbocycles. The fraction of sp³-hybridized carbons (Fsp3) is 0.316. The molecule has 5 heteroatoms. The van der Waals surface area contributed by atoms with Crippen LogP contribution in [0.1, 0.15) is 30.0 Å². The number of carboxylic acid groups (broad SMARTS) is 1. The van der Waals surface area contributed by atoms with Crippen LogP contribution in [-0.2, 0) is 4.79 Å². The number of rotatable bonds is 4. The number of hydrogen-bond acceptors (Lipinski definition) is 2. The predicted octanol–water partition coefficient (Wildman–Crippen LogP) is 4.47. The highest BCUT2D eigenvalue weighted by atomic mass is 79.9. The molecule has 0 aromatic heterocycles. The first kappa shape index (κ1) is 17.1. The lowest BCUT2D eigenvalue weighted by atomic mass is 9.91. The largest absolute Gasteiger partial charge is 0.481 e. The fourth-order valence-corrected chi connectivity index (χ4v) is 3.60. The second-order valence-electron chi connectivity index (χ2n) is 6.12. The molecule has 1 N–H and O–H groups in total. The molecular weight excluding hydrogens is 373 g/mol. The number of carbonyl (C=O) groups is 1. The van der Waals surface area contributed by atoms with E-state index in [0.717, 1.165) is 10.0 Å². The van der Waals surface area contributed by atoms with E-state index in [9.17, 15) is 14.3 Å². The van der Waals surface area contributed by atoms with Crippen molar-refractivity contribution in [2.45, 2.75) is 18.9 Å². The molecule has 24 heavy (non-hydrogen) atoms. The first-order valence-electron chi connectivity index (χ1n) is 8.03. The van der Waals surface area contributed by atoms with Gasteiger partial charge in [0.15, 0.2) is 0 Å². The molecule has 1 unspecified atom stereocenters. The van der Waals surface area contributed by atoms with Gasteiger partial charge in [-0.05, 0) is 49.7 Å². The summed E-state index contributed by atoms with van der Waals surface area (Å²) in [6, 6.07) is 14.5. The minimum Gasteiger partial charge on any atom is -0.481 e. The van der Waals surface area contributed by atoms with Gasteiger partial charge in [0.2, 0.25) is 0 Å². The van der Waals surface area contributed by atoms with Crippen LogP contribution in [-0.4, -0.2) is 29.1 Å². The third-order valence-corrected chi connectivity index (χ3v) is 5.16. The molecule has 126 valence electrons. The SMILES string of the molecule is O=C(O)C1CCN(C(c2ccc(Br)cc2)c2ccccc2F)CC1. The van der Waals surface area contributed by atoms with E-state index in [4.69, 9.17) is 0 Å². The normalized spacial score (nSPS) is 17.6. The van der Waals surface area contributed by atoms with Gasteiger partial charge >= 0.3 is 5.97 Å². The molecule has 0 amide bonds. The van der Waals surface area contributed by atoms with Crippen LogP contribution in [0.4, 0.5) is 4.39 Å². The molecule has 3 nitrogen and oxygen atoms in total. The molecule has 0 aliphatic carbocycles. The number of nitrogens with zero attached hydrogens (tertiary/aromatic N) is 1. The van der Waals surface area contributed by atoms with Gasteiger partial charge in [-0.15, -0.1) is 0 Å². The topological polar surface area (TPSA) is 40.5 Å². The van der Waals surface area contributed by atoms with Crippen molar-refractivity contribution in [3.63, 3.8) is 0 Å².